The lowest BCUT2D eigenvalue weighted by Crippen LogP contribution is -2.13. The molecule has 20 heavy (non-hydrogen) atoms. The van der Waals surface area contributed by atoms with Crippen LogP contribution >= 0.6 is 0 Å². The number of hydrogen-bond donors (Lipinski definition) is 1. The van der Waals surface area contributed by atoms with Crippen LogP contribution in [-0.4, -0.2) is 12.3 Å². The summed E-state index contributed by atoms with van der Waals surface area (Å²) < 4.78 is 5.98. The van der Waals surface area contributed by atoms with Crippen molar-refractivity contribution in [1.29, 1.82) is 0 Å². The highest BCUT2D eigenvalue weighted by Crippen LogP contribution is 2.24. The van der Waals surface area contributed by atoms with Crippen LogP contribution < -0.4 is 10.2 Å². The van der Waals surface area contributed by atoms with Gasteiger partial charge in [-0.1, -0.05) is 49.4 Å². The molecule has 1 unspecified atom stereocenters. The van der Waals surface area contributed by atoms with E-state index in [9.17, 15) is 0 Å². The molecular formula is C17H18N2O. The van der Waals surface area contributed by atoms with Crippen molar-refractivity contribution >= 4 is 5.71 Å². The van der Waals surface area contributed by atoms with E-state index < -0.39 is 0 Å². The Morgan fingerprint density at radius 2 is 1.85 bits per heavy atom. The van der Waals surface area contributed by atoms with Crippen LogP contribution in [0.2, 0.25) is 0 Å². The molecule has 0 fully saturated rings. The van der Waals surface area contributed by atoms with Gasteiger partial charge >= 0.3 is 0 Å². The molecule has 1 atom stereocenters. The van der Waals surface area contributed by atoms with Gasteiger partial charge in [0.15, 0.2) is 0 Å². The summed E-state index contributed by atoms with van der Waals surface area (Å²) in [5.74, 6) is 1.31. The number of nitrogens with zero attached hydrogens (tertiary/aromatic N) is 1. The van der Waals surface area contributed by atoms with E-state index in [4.69, 9.17) is 4.74 Å². The molecule has 0 spiro atoms. The molecule has 3 rings (SSSR count). The van der Waals surface area contributed by atoms with Crippen molar-refractivity contribution in [2.45, 2.75) is 13.5 Å². The number of hydrogen-bond acceptors (Lipinski definition) is 3. The molecule has 0 aliphatic carbocycles. The molecule has 2 aromatic rings. The zero-order valence-electron chi connectivity index (χ0n) is 11.5. The van der Waals surface area contributed by atoms with E-state index in [0.717, 1.165) is 23.6 Å². The molecule has 0 radical (unpaired) electrons. The second-order valence-corrected chi connectivity index (χ2v) is 5.03. The Balaban J connectivity index is 1.80. The minimum atomic E-state index is 0.413. The van der Waals surface area contributed by atoms with Crippen LogP contribution in [0.25, 0.3) is 0 Å². The monoisotopic (exact) mass is 266 g/mol. The second-order valence-electron chi connectivity index (χ2n) is 5.03. The Kier molecular flexibility index (Phi) is 3.68. The van der Waals surface area contributed by atoms with Crippen LogP contribution in [0.1, 0.15) is 18.1 Å². The largest absolute Gasteiger partial charge is 0.488 e. The molecule has 1 aliphatic rings. The van der Waals surface area contributed by atoms with Crippen LogP contribution in [0.3, 0.4) is 0 Å². The number of nitrogens with one attached hydrogen (secondary N) is 1. The van der Waals surface area contributed by atoms with Crippen molar-refractivity contribution < 1.29 is 4.74 Å². The predicted molar refractivity (Wildman–Crippen MR) is 80.9 cm³/mol. The first-order valence-corrected chi connectivity index (χ1v) is 6.91. The second kappa shape index (κ2) is 5.78. The third kappa shape index (κ3) is 2.67. The van der Waals surface area contributed by atoms with Crippen LogP contribution in [0, 0.1) is 5.92 Å². The van der Waals surface area contributed by atoms with Crippen molar-refractivity contribution in [3.8, 4) is 5.75 Å². The fourth-order valence-corrected chi connectivity index (χ4v) is 2.34. The van der Waals surface area contributed by atoms with E-state index in [1.54, 1.807) is 0 Å². The average Bonchev–Trinajstić information content (AvgIpc) is 2.92. The quantitative estimate of drug-likeness (QED) is 0.922. The number of ether oxygens (including phenoxy) is 1. The van der Waals surface area contributed by atoms with Gasteiger partial charge in [-0.05, 0) is 17.7 Å². The number of rotatable bonds is 4. The third-order valence-corrected chi connectivity index (χ3v) is 3.46. The summed E-state index contributed by atoms with van der Waals surface area (Å²) in [7, 11) is 0. The molecular weight excluding hydrogens is 248 g/mol. The van der Waals surface area contributed by atoms with Gasteiger partial charge < -0.3 is 10.2 Å². The molecule has 0 saturated heterocycles. The van der Waals surface area contributed by atoms with Gasteiger partial charge in [0.25, 0.3) is 0 Å². The maximum absolute atomic E-state index is 5.98. The molecule has 2 aromatic carbocycles. The molecule has 1 N–H and O–H groups in total. The SMILES string of the molecule is CC1CNN=C1c1ccccc1OCc1ccccc1. The van der Waals surface area contributed by atoms with E-state index in [0.29, 0.717) is 12.5 Å². The summed E-state index contributed by atoms with van der Waals surface area (Å²) in [4.78, 5) is 0. The number of para-hydroxylation sites is 1. The van der Waals surface area contributed by atoms with E-state index >= 15 is 0 Å². The van der Waals surface area contributed by atoms with E-state index in [1.807, 2.05) is 36.4 Å². The molecule has 0 aromatic heterocycles. The maximum Gasteiger partial charge on any atom is 0.128 e. The molecule has 3 heteroatoms. The van der Waals surface area contributed by atoms with Crippen molar-refractivity contribution in [3.63, 3.8) is 0 Å². The summed E-state index contributed by atoms with van der Waals surface area (Å²) in [6.45, 7) is 3.64. The first-order chi connectivity index (χ1) is 9.84. The van der Waals surface area contributed by atoms with Crippen LogP contribution in [0.15, 0.2) is 59.7 Å². The highest BCUT2D eigenvalue weighted by atomic mass is 16.5. The van der Waals surface area contributed by atoms with Crippen LogP contribution in [0.4, 0.5) is 0 Å². The van der Waals surface area contributed by atoms with Gasteiger partial charge in [-0.15, -0.1) is 0 Å². The van der Waals surface area contributed by atoms with Gasteiger partial charge in [0.05, 0.1) is 5.71 Å². The normalized spacial score (nSPS) is 17.4. The fraction of sp³-hybridized carbons (Fsp3) is 0.235. The number of benzene rings is 2. The summed E-state index contributed by atoms with van der Waals surface area (Å²) in [5.41, 5.74) is 6.38. The average molecular weight is 266 g/mol. The lowest BCUT2D eigenvalue weighted by atomic mass is 9.99. The molecule has 0 amide bonds. The molecule has 0 saturated carbocycles. The minimum Gasteiger partial charge on any atom is -0.488 e. The van der Waals surface area contributed by atoms with Gasteiger partial charge in [-0.3, -0.25) is 0 Å². The van der Waals surface area contributed by atoms with Gasteiger partial charge in [-0.2, -0.15) is 5.10 Å². The molecule has 1 heterocycles. The first-order valence-electron chi connectivity index (χ1n) is 6.91. The summed E-state index contributed by atoms with van der Waals surface area (Å²) in [6.07, 6.45) is 0. The zero-order chi connectivity index (χ0) is 13.8. The van der Waals surface area contributed by atoms with E-state index in [2.05, 4.69) is 35.7 Å². The highest BCUT2D eigenvalue weighted by Gasteiger charge is 2.21. The Bertz CT molecular complexity index is 607. The predicted octanol–water partition coefficient (Wildman–Crippen LogP) is 3.21. The lowest BCUT2D eigenvalue weighted by molar-refractivity contribution is 0.305. The van der Waals surface area contributed by atoms with E-state index in [1.165, 1.54) is 5.56 Å². The zero-order valence-corrected chi connectivity index (χ0v) is 11.5. The topological polar surface area (TPSA) is 33.6 Å². The lowest BCUT2D eigenvalue weighted by Gasteiger charge is -2.13. The standard InChI is InChI=1S/C17H18N2O/c1-13-11-18-19-17(13)15-9-5-6-10-16(15)20-12-14-7-3-2-4-8-14/h2-10,13,18H,11-12H2,1H3. The summed E-state index contributed by atoms with van der Waals surface area (Å²) >= 11 is 0. The maximum atomic E-state index is 5.98. The van der Waals surface area contributed by atoms with Crippen LogP contribution in [-0.2, 0) is 6.61 Å². The first kappa shape index (κ1) is 12.7. The van der Waals surface area contributed by atoms with Gasteiger partial charge in [0.1, 0.15) is 12.4 Å². The van der Waals surface area contributed by atoms with Crippen molar-refractivity contribution in [1.82, 2.24) is 5.43 Å². The van der Waals surface area contributed by atoms with Crippen molar-refractivity contribution in [2.24, 2.45) is 11.0 Å². The van der Waals surface area contributed by atoms with Gasteiger partial charge in [0.2, 0.25) is 0 Å². The van der Waals surface area contributed by atoms with Crippen molar-refractivity contribution in [2.75, 3.05) is 6.54 Å². The van der Waals surface area contributed by atoms with Gasteiger partial charge in [-0.25, -0.2) is 0 Å². The molecule has 0 bridgehead atoms. The molecule has 102 valence electrons. The van der Waals surface area contributed by atoms with E-state index in [-0.39, 0.29) is 0 Å². The summed E-state index contributed by atoms with van der Waals surface area (Å²) in [6, 6.07) is 18.3. The minimum absolute atomic E-state index is 0.413. The number of hydrazone groups is 1. The molecule has 3 nitrogen and oxygen atoms in total. The highest BCUT2D eigenvalue weighted by molar-refractivity contribution is 6.05. The Morgan fingerprint density at radius 1 is 1.10 bits per heavy atom. The van der Waals surface area contributed by atoms with Gasteiger partial charge in [0, 0.05) is 18.0 Å². The smallest absolute Gasteiger partial charge is 0.128 e. The third-order valence-electron chi connectivity index (χ3n) is 3.46. The fourth-order valence-electron chi connectivity index (χ4n) is 2.34. The van der Waals surface area contributed by atoms with Crippen LogP contribution in [0.5, 0.6) is 5.75 Å². The molecule has 1 aliphatic heterocycles. The summed E-state index contributed by atoms with van der Waals surface area (Å²) in [5, 5.41) is 4.39. The Morgan fingerprint density at radius 3 is 2.60 bits per heavy atom. The Labute approximate surface area is 119 Å². The van der Waals surface area contributed by atoms with Crippen molar-refractivity contribution in [3.05, 3.63) is 65.7 Å². The Hall–Kier alpha value is -2.29.